The van der Waals surface area contributed by atoms with E-state index in [2.05, 4.69) is 22.0 Å². The molecule has 1 aliphatic rings. The summed E-state index contributed by atoms with van der Waals surface area (Å²) in [6.45, 7) is 0. The molecule has 1 unspecified atom stereocenters. The van der Waals surface area contributed by atoms with Crippen LogP contribution in [0.15, 0.2) is 28.7 Å². The fourth-order valence-electron chi connectivity index (χ4n) is 2.47. The van der Waals surface area contributed by atoms with Crippen LogP contribution >= 0.6 is 38.9 Å². The standard InChI is InChI=1S/C15H14BrClOS/c1-18-10-5-6-11(12(16)8-10)15(17)14-7-9-3-2-4-13(9)19-14/h5-8,15H,2-4H2,1H3. The van der Waals surface area contributed by atoms with Gasteiger partial charge in [0.25, 0.3) is 0 Å². The third-order valence-corrected chi connectivity index (χ3v) is 6.08. The Morgan fingerprint density at radius 1 is 1.32 bits per heavy atom. The highest BCUT2D eigenvalue weighted by molar-refractivity contribution is 9.10. The van der Waals surface area contributed by atoms with Crippen LogP contribution in [0, 0.1) is 0 Å². The van der Waals surface area contributed by atoms with Crippen LogP contribution in [0.5, 0.6) is 5.75 Å². The first-order valence-electron chi connectivity index (χ1n) is 6.28. The minimum atomic E-state index is -0.0871. The highest BCUT2D eigenvalue weighted by atomic mass is 79.9. The molecule has 0 bridgehead atoms. The summed E-state index contributed by atoms with van der Waals surface area (Å²) in [7, 11) is 1.67. The Hall–Kier alpha value is -0.510. The fourth-order valence-corrected chi connectivity index (χ4v) is 4.83. The average molecular weight is 358 g/mol. The van der Waals surface area contributed by atoms with E-state index >= 15 is 0 Å². The highest BCUT2D eigenvalue weighted by Gasteiger charge is 2.21. The van der Waals surface area contributed by atoms with E-state index in [1.165, 1.54) is 34.6 Å². The maximum absolute atomic E-state index is 6.64. The van der Waals surface area contributed by atoms with Gasteiger partial charge in [-0.1, -0.05) is 22.0 Å². The molecule has 0 amide bonds. The second-order valence-electron chi connectivity index (χ2n) is 4.70. The Bertz CT molecular complexity index is 587. The molecule has 1 atom stereocenters. The summed E-state index contributed by atoms with van der Waals surface area (Å²) in [6, 6.07) is 8.23. The lowest BCUT2D eigenvalue weighted by Crippen LogP contribution is -1.93. The summed E-state index contributed by atoms with van der Waals surface area (Å²) in [5, 5.41) is -0.0871. The number of hydrogen-bond donors (Lipinski definition) is 0. The van der Waals surface area contributed by atoms with Crippen LogP contribution in [0.1, 0.15) is 32.7 Å². The molecule has 100 valence electrons. The Morgan fingerprint density at radius 2 is 2.16 bits per heavy atom. The molecular weight excluding hydrogens is 344 g/mol. The van der Waals surface area contributed by atoms with Gasteiger partial charge < -0.3 is 4.74 Å². The number of benzene rings is 1. The number of thiophene rings is 1. The largest absolute Gasteiger partial charge is 0.497 e. The van der Waals surface area contributed by atoms with Crippen LogP contribution in [0.3, 0.4) is 0 Å². The summed E-state index contributed by atoms with van der Waals surface area (Å²) in [6.07, 6.45) is 3.72. The quantitative estimate of drug-likeness (QED) is 0.674. The number of halogens is 2. The van der Waals surface area contributed by atoms with Crippen molar-refractivity contribution in [1.29, 1.82) is 0 Å². The third-order valence-electron chi connectivity index (χ3n) is 3.50. The summed E-state index contributed by atoms with van der Waals surface area (Å²) < 4.78 is 6.22. The zero-order chi connectivity index (χ0) is 13.4. The zero-order valence-electron chi connectivity index (χ0n) is 10.6. The SMILES string of the molecule is COc1ccc(C(Cl)c2cc3c(s2)CCC3)c(Br)c1. The Balaban J connectivity index is 1.92. The lowest BCUT2D eigenvalue weighted by Gasteiger charge is -2.11. The molecule has 1 nitrogen and oxygen atoms in total. The molecule has 0 radical (unpaired) electrons. The van der Waals surface area contributed by atoms with Gasteiger partial charge in [-0.05, 0) is 48.6 Å². The molecule has 1 aromatic heterocycles. The minimum absolute atomic E-state index is 0.0871. The van der Waals surface area contributed by atoms with Crippen molar-refractivity contribution in [3.8, 4) is 5.75 Å². The van der Waals surface area contributed by atoms with Crippen molar-refractivity contribution in [1.82, 2.24) is 0 Å². The first-order chi connectivity index (χ1) is 9.19. The normalized spacial score (nSPS) is 15.3. The van der Waals surface area contributed by atoms with Gasteiger partial charge in [-0.25, -0.2) is 0 Å². The lowest BCUT2D eigenvalue weighted by atomic mass is 10.1. The maximum Gasteiger partial charge on any atom is 0.120 e. The highest BCUT2D eigenvalue weighted by Crippen LogP contribution is 2.41. The van der Waals surface area contributed by atoms with Gasteiger partial charge in [-0.3, -0.25) is 0 Å². The van der Waals surface area contributed by atoms with Crippen molar-refractivity contribution in [2.45, 2.75) is 24.6 Å². The van der Waals surface area contributed by atoms with Crippen LogP contribution in [0.2, 0.25) is 0 Å². The molecule has 0 spiro atoms. The monoisotopic (exact) mass is 356 g/mol. The fraction of sp³-hybridized carbons (Fsp3) is 0.333. The number of fused-ring (bicyclic) bond motifs is 1. The molecule has 0 saturated heterocycles. The van der Waals surface area contributed by atoms with Gasteiger partial charge in [0.05, 0.1) is 12.5 Å². The second kappa shape index (κ2) is 5.47. The van der Waals surface area contributed by atoms with E-state index in [0.29, 0.717) is 0 Å². The van der Waals surface area contributed by atoms with Gasteiger partial charge in [-0.15, -0.1) is 22.9 Å². The van der Waals surface area contributed by atoms with Crippen molar-refractivity contribution in [2.24, 2.45) is 0 Å². The molecule has 0 N–H and O–H groups in total. The number of alkyl halides is 1. The number of methoxy groups -OCH3 is 1. The predicted octanol–water partition coefficient (Wildman–Crippen LogP) is 5.34. The van der Waals surface area contributed by atoms with Gasteiger partial charge in [0.1, 0.15) is 5.75 Å². The summed E-state index contributed by atoms with van der Waals surface area (Å²) in [5.74, 6) is 0.841. The smallest absolute Gasteiger partial charge is 0.120 e. The van der Waals surface area contributed by atoms with Gasteiger partial charge in [0.2, 0.25) is 0 Å². The van der Waals surface area contributed by atoms with Gasteiger partial charge in [0.15, 0.2) is 0 Å². The first kappa shape index (κ1) is 13.5. The third kappa shape index (κ3) is 2.56. The average Bonchev–Trinajstić information content (AvgIpc) is 2.98. The molecule has 1 aliphatic carbocycles. The van der Waals surface area contributed by atoms with E-state index in [1.807, 2.05) is 29.5 Å². The van der Waals surface area contributed by atoms with E-state index in [0.717, 1.165) is 15.8 Å². The topological polar surface area (TPSA) is 9.23 Å². The second-order valence-corrected chi connectivity index (χ2v) is 7.16. The van der Waals surface area contributed by atoms with E-state index in [1.54, 1.807) is 7.11 Å². The number of ether oxygens (including phenoxy) is 1. The molecule has 0 fully saturated rings. The predicted molar refractivity (Wildman–Crippen MR) is 84.7 cm³/mol. The molecule has 3 rings (SSSR count). The molecule has 19 heavy (non-hydrogen) atoms. The molecule has 1 aromatic carbocycles. The van der Waals surface area contributed by atoms with E-state index in [-0.39, 0.29) is 5.38 Å². The maximum atomic E-state index is 6.64. The molecular formula is C15H14BrClOS. The van der Waals surface area contributed by atoms with Crippen LogP contribution in [0.4, 0.5) is 0 Å². The van der Waals surface area contributed by atoms with Crippen molar-refractivity contribution >= 4 is 38.9 Å². The molecule has 4 heteroatoms. The Kier molecular flexibility index (Phi) is 3.88. The Labute approximate surface area is 130 Å². The van der Waals surface area contributed by atoms with E-state index in [9.17, 15) is 0 Å². The summed E-state index contributed by atoms with van der Waals surface area (Å²) in [5.41, 5.74) is 2.60. The summed E-state index contributed by atoms with van der Waals surface area (Å²) >= 11 is 12.1. The molecule has 2 aromatic rings. The van der Waals surface area contributed by atoms with Gasteiger partial charge in [-0.2, -0.15) is 0 Å². The molecule has 1 heterocycles. The number of rotatable bonds is 3. The van der Waals surface area contributed by atoms with Crippen LogP contribution in [-0.4, -0.2) is 7.11 Å². The first-order valence-corrected chi connectivity index (χ1v) is 8.32. The van der Waals surface area contributed by atoms with Crippen LogP contribution < -0.4 is 4.74 Å². The zero-order valence-corrected chi connectivity index (χ0v) is 13.7. The number of hydrogen-bond acceptors (Lipinski definition) is 2. The Morgan fingerprint density at radius 3 is 2.84 bits per heavy atom. The van der Waals surface area contributed by atoms with Crippen molar-refractivity contribution in [3.63, 3.8) is 0 Å². The molecule has 0 saturated carbocycles. The van der Waals surface area contributed by atoms with Crippen molar-refractivity contribution in [3.05, 3.63) is 49.6 Å². The number of aryl methyl sites for hydroxylation is 2. The van der Waals surface area contributed by atoms with Gasteiger partial charge >= 0.3 is 0 Å². The minimum Gasteiger partial charge on any atom is -0.497 e. The van der Waals surface area contributed by atoms with E-state index < -0.39 is 0 Å². The van der Waals surface area contributed by atoms with Crippen molar-refractivity contribution < 1.29 is 4.74 Å². The van der Waals surface area contributed by atoms with E-state index in [4.69, 9.17) is 16.3 Å². The summed E-state index contributed by atoms with van der Waals surface area (Å²) in [4.78, 5) is 2.77. The van der Waals surface area contributed by atoms with Gasteiger partial charge in [0, 0.05) is 14.2 Å². The van der Waals surface area contributed by atoms with Crippen LogP contribution in [-0.2, 0) is 12.8 Å². The molecule has 0 aliphatic heterocycles. The van der Waals surface area contributed by atoms with Crippen LogP contribution in [0.25, 0.3) is 0 Å². The van der Waals surface area contributed by atoms with Crippen molar-refractivity contribution in [2.75, 3.05) is 7.11 Å². The lowest BCUT2D eigenvalue weighted by molar-refractivity contribution is 0.414.